The van der Waals surface area contributed by atoms with E-state index < -0.39 is 0 Å². The number of hydrogen-bond donors (Lipinski definition) is 2. The van der Waals surface area contributed by atoms with Gasteiger partial charge in [-0.3, -0.25) is 9.68 Å². The second-order valence-electron chi connectivity index (χ2n) is 3.93. The molecule has 16 heavy (non-hydrogen) atoms. The van der Waals surface area contributed by atoms with Crippen LogP contribution in [-0.4, -0.2) is 25.3 Å². The van der Waals surface area contributed by atoms with Crippen molar-refractivity contribution >= 4 is 0 Å². The third kappa shape index (κ3) is 4.90. The maximum absolute atomic E-state index is 5.28. The van der Waals surface area contributed by atoms with E-state index in [9.17, 15) is 0 Å². The van der Waals surface area contributed by atoms with E-state index in [-0.39, 0.29) is 0 Å². The molecule has 0 heterocycles. The summed E-state index contributed by atoms with van der Waals surface area (Å²) in [5, 5.41) is 0. The van der Waals surface area contributed by atoms with Gasteiger partial charge in [-0.05, 0) is 12.8 Å². The molecule has 0 spiro atoms. The molecule has 1 rings (SSSR count). The second kappa shape index (κ2) is 8.47. The van der Waals surface area contributed by atoms with Crippen molar-refractivity contribution in [1.82, 2.24) is 11.0 Å². The van der Waals surface area contributed by atoms with Gasteiger partial charge in [0.25, 0.3) is 0 Å². The molecule has 0 unspecified atom stereocenters. The van der Waals surface area contributed by atoms with Crippen LogP contribution >= 0.6 is 0 Å². The van der Waals surface area contributed by atoms with Crippen molar-refractivity contribution in [3.05, 3.63) is 25.3 Å². The summed E-state index contributed by atoms with van der Waals surface area (Å²) in [7, 11) is 0. The first-order chi connectivity index (χ1) is 7.88. The van der Waals surface area contributed by atoms with Crippen LogP contribution in [0, 0.1) is 0 Å². The highest BCUT2D eigenvalue weighted by Gasteiger charge is 2.25. The zero-order chi connectivity index (χ0) is 11.6. The van der Waals surface area contributed by atoms with E-state index in [2.05, 4.69) is 24.1 Å². The fourth-order valence-corrected chi connectivity index (χ4v) is 1.84. The summed E-state index contributed by atoms with van der Waals surface area (Å²) in [4.78, 5) is 10.6. The third-order valence-electron chi connectivity index (χ3n) is 2.64. The first-order valence-electron chi connectivity index (χ1n) is 5.85. The van der Waals surface area contributed by atoms with Crippen molar-refractivity contribution in [3.63, 3.8) is 0 Å². The van der Waals surface area contributed by atoms with Gasteiger partial charge in [0, 0.05) is 12.1 Å². The number of hydroxylamine groups is 2. The van der Waals surface area contributed by atoms with Crippen LogP contribution in [-0.2, 0) is 9.68 Å². The molecule has 1 aliphatic carbocycles. The topological polar surface area (TPSA) is 42.5 Å². The highest BCUT2D eigenvalue weighted by atomic mass is 16.7. The molecule has 1 aliphatic rings. The van der Waals surface area contributed by atoms with Crippen molar-refractivity contribution in [2.45, 2.75) is 37.8 Å². The van der Waals surface area contributed by atoms with Crippen LogP contribution in [0.5, 0.6) is 0 Å². The lowest BCUT2D eigenvalue weighted by molar-refractivity contribution is -0.0321. The molecule has 0 aliphatic heterocycles. The predicted molar refractivity (Wildman–Crippen MR) is 64.6 cm³/mol. The lowest BCUT2D eigenvalue weighted by Crippen LogP contribution is -2.49. The number of rotatable bonds is 8. The molecule has 1 saturated carbocycles. The minimum atomic E-state index is 0.304. The largest absolute Gasteiger partial charge is 0.297 e. The van der Waals surface area contributed by atoms with Crippen molar-refractivity contribution in [2.24, 2.45) is 0 Å². The second-order valence-corrected chi connectivity index (χ2v) is 3.93. The Labute approximate surface area is 97.6 Å². The molecule has 2 atom stereocenters. The van der Waals surface area contributed by atoms with Crippen LogP contribution in [0.4, 0.5) is 0 Å². The van der Waals surface area contributed by atoms with Crippen LogP contribution < -0.4 is 11.0 Å². The highest BCUT2D eigenvalue weighted by molar-refractivity contribution is 4.82. The normalized spacial score (nSPS) is 25.2. The van der Waals surface area contributed by atoms with Gasteiger partial charge in [-0.25, -0.2) is 0 Å². The van der Waals surface area contributed by atoms with Crippen LogP contribution in [0.1, 0.15) is 25.7 Å². The van der Waals surface area contributed by atoms with Gasteiger partial charge in [-0.15, -0.1) is 13.2 Å². The lowest BCUT2D eigenvalue weighted by Gasteiger charge is -2.31. The Morgan fingerprint density at radius 2 is 1.38 bits per heavy atom. The van der Waals surface area contributed by atoms with Gasteiger partial charge in [0.2, 0.25) is 0 Å². The van der Waals surface area contributed by atoms with Crippen LogP contribution in [0.15, 0.2) is 25.3 Å². The van der Waals surface area contributed by atoms with Crippen molar-refractivity contribution in [2.75, 3.05) is 13.2 Å². The SMILES string of the molecule is C=CCON[C@H]1CCCC[C@H]1NOCC=C. The van der Waals surface area contributed by atoms with Crippen LogP contribution in [0.2, 0.25) is 0 Å². The average Bonchev–Trinajstić information content (AvgIpc) is 2.32. The molecule has 2 N–H and O–H groups in total. The van der Waals surface area contributed by atoms with E-state index in [1.165, 1.54) is 12.8 Å². The highest BCUT2D eigenvalue weighted by Crippen LogP contribution is 2.18. The van der Waals surface area contributed by atoms with Crippen LogP contribution in [0.3, 0.4) is 0 Å². The first kappa shape index (κ1) is 13.4. The molecular formula is C12H22N2O2. The zero-order valence-corrected chi connectivity index (χ0v) is 9.78. The summed E-state index contributed by atoms with van der Waals surface area (Å²) in [5.74, 6) is 0. The third-order valence-corrected chi connectivity index (χ3v) is 2.64. The van der Waals surface area contributed by atoms with Crippen LogP contribution in [0.25, 0.3) is 0 Å². The van der Waals surface area contributed by atoms with E-state index in [1.807, 2.05) is 0 Å². The Balaban J connectivity index is 2.25. The first-order valence-corrected chi connectivity index (χ1v) is 5.85. The minimum absolute atomic E-state index is 0.304. The molecule has 92 valence electrons. The number of nitrogens with one attached hydrogen (secondary N) is 2. The average molecular weight is 226 g/mol. The zero-order valence-electron chi connectivity index (χ0n) is 9.78. The molecule has 0 aromatic carbocycles. The van der Waals surface area contributed by atoms with E-state index in [4.69, 9.17) is 9.68 Å². The predicted octanol–water partition coefficient (Wildman–Crippen LogP) is 1.71. The van der Waals surface area contributed by atoms with Crippen molar-refractivity contribution in [3.8, 4) is 0 Å². The molecule has 4 heteroatoms. The Hall–Kier alpha value is -0.680. The standard InChI is InChI=1S/C12H22N2O2/c1-3-9-15-13-11-7-5-6-8-12(11)14-16-10-4-2/h3-4,11-14H,1-2,5-10H2/t11-,12+. The Morgan fingerprint density at radius 1 is 0.938 bits per heavy atom. The summed E-state index contributed by atoms with van der Waals surface area (Å²) in [6.07, 6.45) is 8.13. The maximum atomic E-state index is 5.28. The van der Waals surface area contributed by atoms with Gasteiger partial charge in [0.05, 0.1) is 13.2 Å². The van der Waals surface area contributed by atoms with Gasteiger partial charge in [-0.1, -0.05) is 25.0 Å². The van der Waals surface area contributed by atoms with Gasteiger partial charge < -0.3 is 0 Å². The van der Waals surface area contributed by atoms with E-state index >= 15 is 0 Å². The Kier molecular flexibility index (Phi) is 7.09. The number of hydrogen-bond acceptors (Lipinski definition) is 4. The van der Waals surface area contributed by atoms with Crippen molar-refractivity contribution < 1.29 is 9.68 Å². The van der Waals surface area contributed by atoms with E-state index in [1.54, 1.807) is 12.2 Å². The van der Waals surface area contributed by atoms with Gasteiger partial charge in [0.1, 0.15) is 0 Å². The summed E-state index contributed by atoms with van der Waals surface area (Å²) in [6, 6.07) is 0.608. The molecule has 0 bridgehead atoms. The summed E-state index contributed by atoms with van der Waals surface area (Å²) < 4.78 is 0. The summed E-state index contributed by atoms with van der Waals surface area (Å²) in [6.45, 7) is 8.26. The van der Waals surface area contributed by atoms with Gasteiger partial charge in [0.15, 0.2) is 0 Å². The molecule has 0 aromatic heterocycles. The molecule has 0 radical (unpaired) electrons. The molecular weight excluding hydrogens is 204 g/mol. The molecule has 0 aromatic rings. The molecule has 0 saturated heterocycles. The van der Waals surface area contributed by atoms with E-state index in [0.29, 0.717) is 25.3 Å². The molecule has 4 nitrogen and oxygen atoms in total. The van der Waals surface area contributed by atoms with Gasteiger partial charge >= 0.3 is 0 Å². The lowest BCUT2D eigenvalue weighted by atomic mass is 9.91. The Bertz CT molecular complexity index is 187. The minimum Gasteiger partial charge on any atom is -0.297 e. The fraction of sp³-hybridized carbons (Fsp3) is 0.667. The molecule has 1 fully saturated rings. The van der Waals surface area contributed by atoms with E-state index in [0.717, 1.165) is 12.8 Å². The smallest absolute Gasteiger partial charge is 0.0861 e. The fourth-order valence-electron chi connectivity index (χ4n) is 1.84. The van der Waals surface area contributed by atoms with Gasteiger partial charge in [-0.2, -0.15) is 11.0 Å². The Morgan fingerprint density at radius 3 is 1.75 bits per heavy atom. The molecule has 0 amide bonds. The summed E-state index contributed by atoms with van der Waals surface area (Å²) >= 11 is 0. The monoisotopic (exact) mass is 226 g/mol. The quantitative estimate of drug-likeness (QED) is 0.376. The summed E-state index contributed by atoms with van der Waals surface area (Å²) in [5.41, 5.74) is 6.12. The maximum Gasteiger partial charge on any atom is 0.0861 e. The van der Waals surface area contributed by atoms with Crippen molar-refractivity contribution in [1.29, 1.82) is 0 Å².